The largest absolute Gasteiger partial charge is 0.352 e. The summed E-state index contributed by atoms with van der Waals surface area (Å²) in [6.45, 7) is 0. The molecule has 0 bridgehead atoms. The van der Waals surface area contributed by atoms with Crippen molar-refractivity contribution in [2.45, 2.75) is 24.3 Å². The summed E-state index contributed by atoms with van der Waals surface area (Å²) in [6.07, 6.45) is 4.35. The van der Waals surface area contributed by atoms with Gasteiger partial charge in [0.2, 0.25) is 5.91 Å². The lowest BCUT2D eigenvalue weighted by Gasteiger charge is -2.33. The molecule has 3 heteroatoms. The summed E-state index contributed by atoms with van der Waals surface area (Å²) >= 11 is 0. The number of carbonyl (C=O) groups excluding carboxylic acids is 2. The number of ketones is 1. The van der Waals surface area contributed by atoms with E-state index in [4.69, 9.17) is 0 Å². The summed E-state index contributed by atoms with van der Waals surface area (Å²) in [5, 5.41) is 2.91. The first-order chi connectivity index (χ1) is 8.21. The predicted octanol–water partition coefficient (Wildman–Crippen LogP) is 1.34. The van der Waals surface area contributed by atoms with Gasteiger partial charge in [-0.2, -0.15) is 0 Å². The zero-order valence-corrected chi connectivity index (χ0v) is 9.35. The van der Waals surface area contributed by atoms with Gasteiger partial charge in [-0.1, -0.05) is 36.4 Å². The molecule has 1 aliphatic heterocycles. The molecule has 2 atom stereocenters. The minimum Gasteiger partial charge on any atom is -0.352 e. The van der Waals surface area contributed by atoms with Crippen LogP contribution in [0.25, 0.3) is 0 Å². The Morgan fingerprint density at radius 2 is 1.94 bits per heavy atom. The second kappa shape index (κ2) is 3.55. The van der Waals surface area contributed by atoms with Crippen molar-refractivity contribution in [2.24, 2.45) is 0 Å². The van der Waals surface area contributed by atoms with Gasteiger partial charge in [0.25, 0.3) is 0 Å². The standard InChI is InChI=1S/C14H13NO2/c16-11-6-7-14(10-4-2-1-3-5-10)9-13(17)15-12(14)8-11/h1-7,12H,8-9H2,(H,15,17)/t12-,14-/m1/s1. The third-order valence-corrected chi connectivity index (χ3v) is 3.69. The van der Waals surface area contributed by atoms with Crippen LogP contribution in [0.4, 0.5) is 0 Å². The molecule has 1 amide bonds. The topological polar surface area (TPSA) is 46.2 Å². The molecule has 1 saturated heterocycles. The van der Waals surface area contributed by atoms with Crippen LogP contribution >= 0.6 is 0 Å². The molecule has 0 radical (unpaired) electrons. The van der Waals surface area contributed by atoms with Gasteiger partial charge in [-0.05, 0) is 11.6 Å². The molecule has 0 unspecified atom stereocenters. The van der Waals surface area contributed by atoms with Crippen LogP contribution in [0, 0.1) is 0 Å². The number of nitrogens with one attached hydrogen (secondary N) is 1. The van der Waals surface area contributed by atoms with Crippen LogP contribution in [-0.2, 0) is 15.0 Å². The van der Waals surface area contributed by atoms with Gasteiger partial charge in [-0.25, -0.2) is 0 Å². The zero-order valence-electron chi connectivity index (χ0n) is 9.35. The molecule has 1 fully saturated rings. The number of hydrogen-bond acceptors (Lipinski definition) is 2. The van der Waals surface area contributed by atoms with Gasteiger partial charge < -0.3 is 5.32 Å². The maximum Gasteiger partial charge on any atom is 0.221 e. The van der Waals surface area contributed by atoms with E-state index in [1.807, 2.05) is 36.4 Å². The first kappa shape index (κ1) is 10.3. The Kier molecular flexibility index (Phi) is 2.15. The lowest BCUT2D eigenvalue weighted by Crippen LogP contribution is -2.43. The van der Waals surface area contributed by atoms with E-state index < -0.39 is 0 Å². The van der Waals surface area contributed by atoms with Crippen LogP contribution in [0.3, 0.4) is 0 Å². The molecule has 17 heavy (non-hydrogen) atoms. The highest BCUT2D eigenvalue weighted by Gasteiger charge is 2.48. The van der Waals surface area contributed by atoms with Crippen molar-refractivity contribution in [1.82, 2.24) is 5.32 Å². The van der Waals surface area contributed by atoms with Crippen LogP contribution in [0.2, 0.25) is 0 Å². The molecule has 2 aliphatic rings. The number of carbonyl (C=O) groups is 2. The van der Waals surface area contributed by atoms with E-state index in [1.54, 1.807) is 6.08 Å². The SMILES string of the molecule is O=C1C=C[C@]2(c3ccccc3)CC(=O)N[C@@H]2C1. The third-order valence-electron chi connectivity index (χ3n) is 3.69. The molecule has 86 valence electrons. The van der Waals surface area contributed by atoms with E-state index in [2.05, 4.69) is 5.32 Å². The van der Waals surface area contributed by atoms with Crippen molar-refractivity contribution in [2.75, 3.05) is 0 Å². The molecule has 1 heterocycles. The summed E-state index contributed by atoms with van der Waals surface area (Å²) in [5.41, 5.74) is 0.777. The third kappa shape index (κ3) is 1.50. The lowest BCUT2D eigenvalue weighted by atomic mass is 9.70. The maximum atomic E-state index is 11.6. The summed E-state index contributed by atoms with van der Waals surface area (Å²) in [5.74, 6) is 0.113. The lowest BCUT2D eigenvalue weighted by molar-refractivity contribution is -0.119. The fourth-order valence-electron chi connectivity index (χ4n) is 2.83. The van der Waals surface area contributed by atoms with Crippen molar-refractivity contribution in [3.8, 4) is 0 Å². The van der Waals surface area contributed by atoms with Crippen molar-refractivity contribution < 1.29 is 9.59 Å². The van der Waals surface area contributed by atoms with E-state index in [-0.39, 0.29) is 23.1 Å². The molecular weight excluding hydrogens is 214 g/mol. The molecule has 1 aromatic carbocycles. The van der Waals surface area contributed by atoms with Crippen LogP contribution < -0.4 is 5.32 Å². The van der Waals surface area contributed by atoms with Gasteiger partial charge in [0, 0.05) is 24.3 Å². The molecule has 1 aromatic rings. The Morgan fingerprint density at radius 1 is 1.18 bits per heavy atom. The van der Waals surface area contributed by atoms with Gasteiger partial charge >= 0.3 is 0 Å². The van der Waals surface area contributed by atoms with Gasteiger partial charge in [-0.3, -0.25) is 9.59 Å². The molecule has 1 N–H and O–H groups in total. The second-order valence-electron chi connectivity index (χ2n) is 4.71. The molecule has 3 nitrogen and oxygen atoms in total. The number of benzene rings is 1. The van der Waals surface area contributed by atoms with E-state index in [0.29, 0.717) is 12.8 Å². The number of rotatable bonds is 1. The summed E-state index contributed by atoms with van der Waals surface area (Å²) < 4.78 is 0. The van der Waals surface area contributed by atoms with Gasteiger partial charge in [0.05, 0.1) is 0 Å². The minimum atomic E-state index is -0.327. The van der Waals surface area contributed by atoms with Crippen LogP contribution in [-0.4, -0.2) is 17.7 Å². The molecular formula is C14H13NO2. The van der Waals surface area contributed by atoms with Gasteiger partial charge in [-0.15, -0.1) is 0 Å². The van der Waals surface area contributed by atoms with E-state index in [0.717, 1.165) is 5.56 Å². The number of fused-ring (bicyclic) bond motifs is 1. The number of allylic oxidation sites excluding steroid dienone is 1. The fraction of sp³-hybridized carbons (Fsp3) is 0.286. The van der Waals surface area contributed by atoms with E-state index in [9.17, 15) is 9.59 Å². The summed E-state index contributed by atoms with van der Waals surface area (Å²) in [6, 6.07) is 9.84. The number of hydrogen-bond donors (Lipinski definition) is 1. The van der Waals surface area contributed by atoms with Gasteiger partial charge in [0.15, 0.2) is 5.78 Å². The van der Waals surface area contributed by atoms with Crippen molar-refractivity contribution >= 4 is 11.7 Å². The minimum absolute atomic E-state index is 0.0261. The Labute approximate surface area is 99.5 Å². The van der Waals surface area contributed by atoms with Crippen LogP contribution in [0.15, 0.2) is 42.5 Å². The molecule has 3 rings (SSSR count). The van der Waals surface area contributed by atoms with Crippen LogP contribution in [0.1, 0.15) is 18.4 Å². The van der Waals surface area contributed by atoms with E-state index in [1.165, 1.54) is 0 Å². The normalized spacial score (nSPS) is 31.2. The molecule has 0 aromatic heterocycles. The summed E-state index contributed by atoms with van der Waals surface area (Å²) in [4.78, 5) is 23.1. The average Bonchev–Trinajstić information content (AvgIpc) is 2.67. The van der Waals surface area contributed by atoms with Crippen molar-refractivity contribution in [3.05, 3.63) is 48.0 Å². The highest BCUT2D eigenvalue weighted by molar-refractivity contribution is 5.94. The highest BCUT2D eigenvalue weighted by Crippen LogP contribution is 2.41. The van der Waals surface area contributed by atoms with Gasteiger partial charge in [0.1, 0.15) is 0 Å². The van der Waals surface area contributed by atoms with E-state index >= 15 is 0 Å². The Bertz CT molecular complexity index is 506. The Morgan fingerprint density at radius 3 is 2.71 bits per heavy atom. The van der Waals surface area contributed by atoms with Crippen LogP contribution in [0.5, 0.6) is 0 Å². The van der Waals surface area contributed by atoms with Crippen molar-refractivity contribution in [1.29, 1.82) is 0 Å². The average molecular weight is 227 g/mol. The first-order valence-electron chi connectivity index (χ1n) is 5.78. The summed E-state index contributed by atoms with van der Waals surface area (Å²) in [7, 11) is 0. The zero-order chi connectivity index (χ0) is 11.9. The smallest absolute Gasteiger partial charge is 0.221 e. The number of amides is 1. The van der Waals surface area contributed by atoms with Crippen molar-refractivity contribution in [3.63, 3.8) is 0 Å². The highest BCUT2D eigenvalue weighted by atomic mass is 16.2. The molecule has 0 spiro atoms. The molecule has 0 saturated carbocycles. The predicted molar refractivity (Wildman–Crippen MR) is 63.4 cm³/mol. The maximum absolute atomic E-state index is 11.6. The Hall–Kier alpha value is -1.90. The first-order valence-corrected chi connectivity index (χ1v) is 5.78. The monoisotopic (exact) mass is 227 g/mol. The fourth-order valence-corrected chi connectivity index (χ4v) is 2.83. The second-order valence-corrected chi connectivity index (χ2v) is 4.71. The quantitative estimate of drug-likeness (QED) is 0.787. The molecule has 1 aliphatic carbocycles. The Balaban J connectivity index is 2.12.